The minimum atomic E-state index is -2.31. The second-order valence-corrected chi connectivity index (χ2v) is 6.15. The van der Waals surface area contributed by atoms with Crippen molar-refractivity contribution >= 4 is 22.6 Å². The lowest BCUT2D eigenvalue weighted by molar-refractivity contribution is 0.324. The molecule has 1 atom stereocenters. The summed E-state index contributed by atoms with van der Waals surface area (Å²) in [6, 6.07) is 11.0. The molecular weight excluding hydrogens is 356 g/mol. The summed E-state index contributed by atoms with van der Waals surface area (Å²) in [4.78, 5) is 0. The Morgan fingerprint density at radius 3 is 2.04 bits per heavy atom. The number of ether oxygens (including phenoxy) is 3. The van der Waals surface area contributed by atoms with E-state index < -0.39 is 11.3 Å². The van der Waals surface area contributed by atoms with Gasteiger partial charge in [-0.25, -0.2) is 0 Å². The first-order valence-electron chi connectivity index (χ1n) is 8.06. The van der Waals surface area contributed by atoms with Gasteiger partial charge in [0.05, 0.1) is 21.3 Å². The molecule has 142 valence electrons. The van der Waals surface area contributed by atoms with Gasteiger partial charge in [-0.3, -0.25) is 4.21 Å². The van der Waals surface area contributed by atoms with Crippen molar-refractivity contribution in [2.24, 2.45) is 0 Å². The maximum atomic E-state index is 10.6. The lowest BCUT2D eigenvalue weighted by Gasteiger charge is -2.14. The number of hydrogen-bond acceptors (Lipinski definition) is 6. The normalized spacial score (nSPS) is 11.5. The van der Waals surface area contributed by atoms with Crippen LogP contribution < -0.4 is 24.2 Å². The average Bonchev–Trinajstić information content (AvgIpc) is 2.65. The van der Waals surface area contributed by atoms with Gasteiger partial charge in [0.15, 0.2) is 11.5 Å². The van der Waals surface area contributed by atoms with Crippen LogP contribution in [0.1, 0.15) is 12.0 Å². The van der Waals surface area contributed by atoms with Gasteiger partial charge in [0.25, 0.3) is 0 Å². The van der Waals surface area contributed by atoms with Crippen molar-refractivity contribution in [1.82, 2.24) is 0 Å². The van der Waals surface area contributed by atoms with Crippen molar-refractivity contribution in [3.8, 4) is 17.2 Å². The molecule has 0 aromatic heterocycles. The van der Waals surface area contributed by atoms with Crippen molar-refractivity contribution in [2.75, 3.05) is 37.9 Å². The van der Waals surface area contributed by atoms with E-state index in [-0.39, 0.29) is 0 Å². The van der Waals surface area contributed by atoms with E-state index in [4.69, 9.17) is 14.2 Å². The number of anilines is 2. The highest BCUT2D eigenvalue weighted by Crippen LogP contribution is 2.38. The minimum Gasteiger partial charge on any atom is -0.755 e. The zero-order chi connectivity index (χ0) is 18.9. The highest BCUT2D eigenvalue weighted by Gasteiger charge is 2.12. The van der Waals surface area contributed by atoms with Crippen LogP contribution in [0.2, 0.25) is 0 Å². The minimum absolute atomic E-state index is 0.529. The Morgan fingerprint density at radius 1 is 0.962 bits per heavy atom. The van der Waals surface area contributed by atoms with Crippen LogP contribution in [0.25, 0.3) is 0 Å². The monoisotopic (exact) mass is 379 g/mol. The van der Waals surface area contributed by atoms with Gasteiger partial charge in [0, 0.05) is 29.2 Å². The Balaban J connectivity index is 1.88. The second-order valence-electron chi connectivity index (χ2n) is 5.48. The van der Waals surface area contributed by atoms with Gasteiger partial charge in [-0.1, -0.05) is 0 Å². The van der Waals surface area contributed by atoms with Gasteiger partial charge in [0.1, 0.15) is 0 Å². The summed E-state index contributed by atoms with van der Waals surface area (Å²) < 4.78 is 39.5. The van der Waals surface area contributed by atoms with Crippen molar-refractivity contribution in [1.29, 1.82) is 0 Å². The Labute approximate surface area is 156 Å². The summed E-state index contributed by atoms with van der Waals surface area (Å²) in [5, 5.41) is 3.31. The van der Waals surface area contributed by atoms with E-state index in [1.165, 1.54) is 0 Å². The predicted octanol–water partition coefficient (Wildman–Crippen LogP) is 2.96. The van der Waals surface area contributed by atoms with Crippen LogP contribution in [0, 0.1) is 0 Å². The van der Waals surface area contributed by atoms with Crippen molar-refractivity contribution < 1.29 is 23.0 Å². The lowest BCUT2D eigenvalue weighted by Crippen LogP contribution is -2.05. The van der Waals surface area contributed by atoms with Gasteiger partial charge in [-0.15, -0.1) is 0 Å². The van der Waals surface area contributed by atoms with Crippen LogP contribution in [0.3, 0.4) is 0 Å². The predicted molar refractivity (Wildman–Crippen MR) is 102 cm³/mol. The Kier molecular flexibility index (Phi) is 7.55. The van der Waals surface area contributed by atoms with E-state index in [2.05, 4.69) is 10.0 Å². The molecule has 0 amide bonds. The number of aryl methyl sites for hydroxylation is 1. The van der Waals surface area contributed by atoms with Crippen LogP contribution in [0.4, 0.5) is 11.4 Å². The summed E-state index contributed by atoms with van der Waals surface area (Å²) in [5.41, 5.74) is 2.55. The molecule has 0 aliphatic carbocycles. The van der Waals surface area contributed by atoms with Crippen LogP contribution in [0.15, 0.2) is 36.4 Å². The zero-order valence-electron chi connectivity index (χ0n) is 15.0. The number of methoxy groups -OCH3 is 3. The average molecular weight is 379 g/mol. The third-order valence-corrected chi connectivity index (χ3v) is 4.18. The number of rotatable bonds is 10. The third kappa shape index (κ3) is 5.53. The second kappa shape index (κ2) is 9.88. The van der Waals surface area contributed by atoms with Crippen molar-refractivity contribution in [3.63, 3.8) is 0 Å². The summed E-state index contributed by atoms with van der Waals surface area (Å²) in [5.74, 6) is 1.88. The topological polar surface area (TPSA) is 91.9 Å². The molecule has 0 spiro atoms. The first-order chi connectivity index (χ1) is 12.6. The summed E-state index contributed by atoms with van der Waals surface area (Å²) in [6.45, 7) is 0.775. The van der Waals surface area contributed by atoms with Crippen LogP contribution in [-0.4, -0.2) is 36.6 Å². The molecule has 0 bridgehead atoms. The molecule has 2 aromatic rings. The smallest absolute Gasteiger partial charge is 0.203 e. The third-order valence-electron chi connectivity index (χ3n) is 3.78. The first kappa shape index (κ1) is 19.9. The van der Waals surface area contributed by atoms with E-state index in [1.54, 1.807) is 33.5 Å². The van der Waals surface area contributed by atoms with E-state index >= 15 is 0 Å². The standard InChI is InChI=1S/C18H24N2O5S/c1-23-16-11-13(12-17(24-2)18(16)25-3)5-4-10-19-14-6-8-15(9-7-14)20-26(21)22/h6-9,11-12,19-20H,4-5,10H2,1-3H3,(H,21,22)/p-1. The summed E-state index contributed by atoms with van der Waals surface area (Å²) >= 11 is -2.31. The van der Waals surface area contributed by atoms with E-state index in [0.717, 1.165) is 30.6 Å². The van der Waals surface area contributed by atoms with Gasteiger partial charge >= 0.3 is 0 Å². The van der Waals surface area contributed by atoms with E-state index in [0.29, 0.717) is 22.9 Å². The molecular formula is C18H23N2O5S-. The van der Waals surface area contributed by atoms with Crippen LogP contribution >= 0.6 is 0 Å². The highest BCUT2D eigenvalue weighted by atomic mass is 32.2. The largest absolute Gasteiger partial charge is 0.755 e. The maximum Gasteiger partial charge on any atom is 0.203 e. The molecule has 0 aliphatic rings. The van der Waals surface area contributed by atoms with Crippen molar-refractivity contribution in [2.45, 2.75) is 12.8 Å². The highest BCUT2D eigenvalue weighted by molar-refractivity contribution is 7.80. The van der Waals surface area contributed by atoms with Crippen LogP contribution in [0.5, 0.6) is 17.2 Å². The molecule has 0 fully saturated rings. The fourth-order valence-corrected chi connectivity index (χ4v) is 2.89. The Morgan fingerprint density at radius 2 is 1.54 bits per heavy atom. The number of hydrogen-bond donors (Lipinski definition) is 2. The molecule has 0 aliphatic heterocycles. The molecule has 1 unspecified atom stereocenters. The molecule has 8 heteroatoms. The quantitative estimate of drug-likeness (QED) is 0.487. The molecule has 0 heterocycles. The van der Waals surface area contributed by atoms with Crippen molar-refractivity contribution in [3.05, 3.63) is 42.0 Å². The van der Waals surface area contributed by atoms with Gasteiger partial charge in [-0.2, -0.15) is 0 Å². The molecule has 0 saturated carbocycles. The zero-order valence-corrected chi connectivity index (χ0v) is 15.9. The molecule has 2 N–H and O–H groups in total. The molecule has 2 rings (SSSR count). The molecule has 26 heavy (non-hydrogen) atoms. The van der Waals surface area contributed by atoms with Gasteiger partial charge in [-0.05, 0) is 54.8 Å². The Hall–Kier alpha value is -2.45. The molecule has 7 nitrogen and oxygen atoms in total. The van der Waals surface area contributed by atoms with Gasteiger partial charge < -0.3 is 28.8 Å². The molecule has 0 saturated heterocycles. The fraction of sp³-hybridized carbons (Fsp3) is 0.333. The van der Waals surface area contributed by atoms with E-state index in [1.807, 2.05) is 24.3 Å². The SMILES string of the molecule is COc1cc(CCCNc2ccc(NS(=O)[O-])cc2)cc(OC)c1OC. The Bertz CT molecular complexity index is 712. The number of nitrogens with one attached hydrogen (secondary N) is 2. The first-order valence-corrected chi connectivity index (χ1v) is 9.13. The van der Waals surface area contributed by atoms with Gasteiger partial charge in [0.2, 0.25) is 5.75 Å². The summed E-state index contributed by atoms with van der Waals surface area (Å²) in [6.07, 6.45) is 1.75. The lowest BCUT2D eigenvalue weighted by atomic mass is 10.1. The van der Waals surface area contributed by atoms with E-state index in [9.17, 15) is 8.76 Å². The number of benzene rings is 2. The molecule has 0 radical (unpaired) electrons. The fourth-order valence-electron chi connectivity index (χ4n) is 2.56. The maximum absolute atomic E-state index is 10.6. The summed E-state index contributed by atoms with van der Waals surface area (Å²) in [7, 11) is 4.78. The molecule has 2 aromatic carbocycles. The van der Waals surface area contributed by atoms with Crippen LogP contribution in [-0.2, 0) is 17.7 Å².